The van der Waals surface area contributed by atoms with E-state index in [2.05, 4.69) is 51.2 Å². The molecule has 0 bridgehead atoms. The van der Waals surface area contributed by atoms with Gasteiger partial charge >= 0.3 is 6.18 Å². The molecule has 8 nitrogen and oxygen atoms in total. The molecule has 4 rings (SSSR count). The molecule has 0 saturated carbocycles. The molecule has 11 heteroatoms. The zero-order chi connectivity index (χ0) is 21.0. The van der Waals surface area contributed by atoms with Crippen molar-refractivity contribution in [2.24, 2.45) is 0 Å². The molecule has 0 aromatic carbocycles. The Bertz CT molecular complexity index is 1020. The maximum absolute atomic E-state index is 12.6. The highest BCUT2D eigenvalue weighted by Crippen LogP contribution is 2.29. The Labute approximate surface area is 165 Å². The Balaban J connectivity index is 1.47. The molecule has 3 aromatic rings. The summed E-state index contributed by atoms with van der Waals surface area (Å²) in [5, 5.41) is 20.1. The lowest BCUT2D eigenvalue weighted by Gasteiger charge is -2.44. The van der Waals surface area contributed by atoms with E-state index in [0.717, 1.165) is 17.7 Å². The summed E-state index contributed by atoms with van der Waals surface area (Å²) in [6.07, 6.45) is -4.49. The van der Waals surface area contributed by atoms with Gasteiger partial charge in [-0.2, -0.15) is 17.7 Å². The van der Waals surface area contributed by atoms with Crippen molar-refractivity contribution in [3.8, 4) is 0 Å². The number of likely N-dealkylation sites (N-methyl/N-ethyl adjacent to an activating group) is 1. The first-order chi connectivity index (χ1) is 13.5. The highest BCUT2D eigenvalue weighted by Gasteiger charge is 2.35. The van der Waals surface area contributed by atoms with Gasteiger partial charge in [0, 0.05) is 25.6 Å². The predicted molar refractivity (Wildman–Crippen MR) is 101 cm³/mol. The van der Waals surface area contributed by atoms with Gasteiger partial charge in [-0.25, -0.2) is 0 Å². The average molecular weight is 406 g/mol. The highest BCUT2D eigenvalue weighted by molar-refractivity contribution is 5.50. The van der Waals surface area contributed by atoms with Gasteiger partial charge in [0.25, 0.3) is 0 Å². The molecule has 1 fully saturated rings. The monoisotopic (exact) mass is 406 g/mol. The fraction of sp³-hybridized carbons (Fsp3) is 0.500. The lowest BCUT2D eigenvalue weighted by Crippen LogP contribution is -2.59. The van der Waals surface area contributed by atoms with Gasteiger partial charge < -0.3 is 9.80 Å². The summed E-state index contributed by atoms with van der Waals surface area (Å²) in [5.41, 5.74) is -0.497. The van der Waals surface area contributed by atoms with Crippen molar-refractivity contribution < 1.29 is 13.2 Å². The van der Waals surface area contributed by atoms with Gasteiger partial charge in [-0.1, -0.05) is 20.8 Å². The Morgan fingerprint density at radius 3 is 2.28 bits per heavy atom. The zero-order valence-corrected chi connectivity index (χ0v) is 16.5. The maximum Gasteiger partial charge on any atom is 0.435 e. The van der Waals surface area contributed by atoms with Crippen molar-refractivity contribution in [1.82, 2.24) is 30.0 Å². The van der Waals surface area contributed by atoms with E-state index in [9.17, 15) is 13.2 Å². The lowest BCUT2D eigenvalue weighted by molar-refractivity contribution is -0.141. The third-order valence-corrected chi connectivity index (χ3v) is 4.96. The predicted octanol–water partition coefficient (Wildman–Crippen LogP) is 2.56. The van der Waals surface area contributed by atoms with Gasteiger partial charge in [-0.05, 0) is 24.3 Å². The van der Waals surface area contributed by atoms with E-state index in [4.69, 9.17) is 0 Å². The summed E-state index contributed by atoms with van der Waals surface area (Å²) in [5.74, 6) is 1.98. The Hall–Kier alpha value is -2.98. The first-order valence-corrected chi connectivity index (χ1v) is 9.16. The number of rotatable bonds is 3. The summed E-state index contributed by atoms with van der Waals surface area (Å²) in [6, 6.07) is 6.16. The molecular formula is C18H21F3N8. The van der Waals surface area contributed by atoms with Crippen LogP contribution in [0.15, 0.2) is 24.3 Å². The summed E-state index contributed by atoms with van der Waals surface area (Å²) < 4.78 is 39.7. The van der Waals surface area contributed by atoms with Crippen LogP contribution in [0.4, 0.5) is 24.8 Å². The van der Waals surface area contributed by atoms with Crippen LogP contribution in [0.3, 0.4) is 0 Å². The highest BCUT2D eigenvalue weighted by atomic mass is 19.4. The Morgan fingerprint density at radius 1 is 0.966 bits per heavy atom. The van der Waals surface area contributed by atoms with Gasteiger partial charge in [0.15, 0.2) is 23.0 Å². The molecule has 0 unspecified atom stereocenters. The van der Waals surface area contributed by atoms with Crippen molar-refractivity contribution >= 4 is 17.3 Å². The fourth-order valence-corrected chi connectivity index (χ4v) is 3.15. The normalized spacial score (nSPS) is 15.6. The Kier molecular flexibility index (Phi) is 4.35. The molecule has 1 aliphatic heterocycles. The SMILES string of the molecule is CN(c1ccc(C(F)(F)F)nn1)C1CN(c2ccc3nnc(C(C)(C)C)n3n2)C1. The van der Waals surface area contributed by atoms with Gasteiger partial charge in [0.2, 0.25) is 0 Å². The van der Waals surface area contributed by atoms with Gasteiger partial charge in [0.05, 0.1) is 6.04 Å². The van der Waals surface area contributed by atoms with Crippen molar-refractivity contribution in [3.05, 3.63) is 35.8 Å². The molecule has 0 amide bonds. The van der Waals surface area contributed by atoms with Crippen LogP contribution in [-0.2, 0) is 11.6 Å². The molecule has 0 N–H and O–H groups in total. The molecule has 3 aromatic heterocycles. The molecule has 0 spiro atoms. The summed E-state index contributed by atoms with van der Waals surface area (Å²) in [7, 11) is 1.80. The number of hydrogen-bond donors (Lipinski definition) is 0. The first kappa shape index (κ1) is 19.3. The Morgan fingerprint density at radius 2 is 1.69 bits per heavy atom. The number of hydrogen-bond acceptors (Lipinski definition) is 7. The van der Waals surface area contributed by atoms with Crippen LogP contribution in [0.5, 0.6) is 0 Å². The van der Waals surface area contributed by atoms with Crippen LogP contribution in [-0.4, -0.2) is 56.2 Å². The molecular weight excluding hydrogens is 385 g/mol. The number of nitrogens with zero attached hydrogens (tertiary/aromatic N) is 8. The number of alkyl halides is 3. The minimum atomic E-state index is -4.49. The average Bonchev–Trinajstić information content (AvgIpc) is 3.03. The van der Waals surface area contributed by atoms with Crippen LogP contribution in [0, 0.1) is 0 Å². The van der Waals surface area contributed by atoms with Crippen molar-refractivity contribution in [1.29, 1.82) is 0 Å². The van der Waals surface area contributed by atoms with Crippen LogP contribution >= 0.6 is 0 Å². The molecule has 154 valence electrons. The summed E-state index contributed by atoms with van der Waals surface area (Å²) in [6.45, 7) is 7.50. The van der Waals surface area contributed by atoms with Gasteiger partial charge in [0.1, 0.15) is 5.82 Å². The van der Waals surface area contributed by atoms with E-state index in [-0.39, 0.29) is 11.5 Å². The quantitative estimate of drug-likeness (QED) is 0.662. The second-order valence-electron chi connectivity index (χ2n) is 8.18. The first-order valence-electron chi connectivity index (χ1n) is 9.16. The van der Waals surface area contributed by atoms with E-state index in [1.54, 1.807) is 11.6 Å². The molecule has 1 aliphatic rings. The largest absolute Gasteiger partial charge is 0.435 e. The van der Waals surface area contributed by atoms with Crippen LogP contribution in [0.2, 0.25) is 0 Å². The second-order valence-corrected chi connectivity index (χ2v) is 8.18. The molecule has 0 atom stereocenters. The van der Waals surface area contributed by atoms with Gasteiger partial charge in [-0.3, -0.25) is 0 Å². The minimum Gasteiger partial charge on any atom is -0.352 e. The van der Waals surface area contributed by atoms with Crippen LogP contribution in [0.1, 0.15) is 32.3 Å². The minimum absolute atomic E-state index is 0.0986. The molecule has 0 aliphatic carbocycles. The fourth-order valence-electron chi connectivity index (χ4n) is 3.15. The molecule has 29 heavy (non-hydrogen) atoms. The summed E-state index contributed by atoms with van der Waals surface area (Å²) >= 11 is 0. The van der Waals surface area contributed by atoms with E-state index in [0.29, 0.717) is 24.6 Å². The van der Waals surface area contributed by atoms with Crippen LogP contribution < -0.4 is 9.80 Å². The van der Waals surface area contributed by atoms with E-state index in [1.165, 1.54) is 6.07 Å². The van der Waals surface area contributed by atoms with Crippen molar-refractivity contribution in [3.63, 3.8) is 0 Å². The van der Waals surface area contributed by atoms with E-state index >= 15 is 0 Å². The molecule has 1 saturated heterocycles. The van der Waals surface area contributed by atoms with Crippen molar-refractivity contribution in [2.75, 3.05) is 29.9 Å². The smallest absolute Gasteiger partial charge is 0.352 e. The second kappa shape index (κ2) is 6.53. The van der Waals surface area contributed by atoms with Crippen LogP contribution in [0.25, 0.3) is 5.65 Å². The number of anilines is 2. The van der Waals surface area contributed by atoms with Gasteiger partial charge in [-0.15, -0.1) is 25.5 Å². The number of fused-ring (bicyclic) bond motifs is 1. The number of halogens is 3. The maximum atomic E-state index is 12.6. The van der Waals surface area contributed by atoms with Crippen molar-refractivity contribution in [2.45, 2.75) is 38.4 Å². The lowest BCUT2D eigenvalue weighted by atomic mass is 9.96. The van der Waals surface area contributed by atoms with E-state index in [1.807, 2.05) is 17.0 Å². The zero-order valence-electron chi connectivity index (χ0n) is 16.5. The topological polar surface area (TPSA) is 75.3 Å². The van der Waals surface area contributed by atoms with E-state index < -0.39 is 11.9 Å². The standard InChI is InChI=1S/C18H21F3N8/c1-17(2,3)16-25-24-14-7-8-15(26-29(14)16)28-9-11(10-28)27(4)13-6-5-12(22-23-13)18(19,20)21/h5-8,11H,9-10H2,1-4H3. The number of aromatic nitrogens is 6. The third-order valence-electron chi connectivity index (χ3n) is 4.96. The molecule has 4 heterocycles. The third kappa shape index (κ3) is 3.56. The summed E-state index contributed by atoms with van der Waals surface area (Å²) in [4.78, 5) is 3.92. The molecule has 0 radical (unpaired) electrons.